The summed E-state index contributed by atoms with van der Waals surface area (Å²) in [4.78, 5) is 138. The number of likely N-dealkylation sites (tertiary alicyclic amines) is 2. The fraction of sp³-hybridized carbons (Fsp3) is 0.722. The third kappa shape index (κ3) is 13.9. The van der Waals surface area contributed by atoms with Crippen molar-refractivity contribution in [2.24, 2.45) is 17.8 Å². The molecular formula is C54H85N9O10. The predicted octanol–water partition coefficient (Wildman–Crippen LogP) is 4.02. The second-order valence-corrected chi connectivity index (χ2v) is 21.8. The van der Waals surface area contributed by atoms with Crippen LogP contribution in [0.25, 0.3) is 0 Å². The lowest BCUT2D eigenvalue weighted by atomic mass is 9.90. The first-order valence-corrected chi connectivity index (χ1v) is 26.7. The molecular weight excluding hydrogens is 935 g/mol. The van der Waals surface area contributed by atoms with Gasteiger partial charge >= 0.3 is 6.09 Å². The first-order chi connectivity index (χ1) is 34.5. The van der Waals surface area contributed by atoms with E-state index in [1.165, 1.54) is 57.6 Å². The maximum atomic E-state index is 15.2. The number of hydrogen-bond acceptors (Lipinski definition) is 10. The topological polar surface area (TPSA) is 210 Å². The van der Waals surface area contributed by atoms with Crippen molar-refractivity contribution in [2.45, 2.75) is 173 Å². The molecule has 2 saturated carbocycles. The van der Waals surface area contributed by atoms with Crippen molar-refractivity contribution in [3.63, 3.8) is 0 Å². The van der Waals surface area contributed by atoms with Crippen molar-refractivity contribution >= 4 is 53.4 Å². The summed E-state index contributed by atoms with van der Waals surface area (Å²) >= 11 is 0. The molecule has 73 heavy (non-hydrogen) atoms. The molecule has 0 aromatic heterocycles. The molecule has 1 aromatic rings. The minimum Gasteiger partial charge on any atom is -0.445 e. The Morgan fingerprint density at radius 3 is 1.90 bits per heavy atom. The fourth-order valence-electron chi connectivity index (χ4n) is 10.9. The molecule has 0 bridgehead atoms. The highest BCUT2D eigenvalue weighted by Crippen LogP contribution is 2.37. The molecule has 19 nitrogen and oxygen atoms in total. The van der Waals surface area contributed by atoms with E-state index >= 15 is 9.59 Å². The Labute approximate surface area is 433 Å². The number of ether oxygens (including phenoxy) is 1. The van der Waals surface area contributed by atoms with Crippen LogP contribution in [0.4, 0.5) is 4.79 Å². The normalized spacial score (nSPS) is 19.9. The van der Waals surface area contributed by atoms with E-state index in [2.05, 4.69) is 10.6 Å². The summed E-state index contributed by atoms with van der Waals surface area (Å²) in [5, 5.41) is 6.02. The van der Waals surface area contributed by atoms with Gasteiger partial charge in [0.25, 0.3) is 0 Å². The number of hydrogen-bond donors (Lipinski definition) is 2. The minimum absolute atomic E-state index is 0.0505. The van der Waals surface area contributed by atoms with Gasteiger partial charge in [-0.15, -0.1) is 0 Å². The van der Waals surface area contributed by atoms with Gasteiger partial charge in [-0.2, -0.15) is 0 Å². The van der Waals surface area contributed by atoms with Crippen LogP contribution in [-0.2, 0) is 49.7 Å². The summed E-state index contributed by atoms with van der Waals surface area (Å²) in [6.45, 7) is 10.9. The summed E-state index contributed by atoms with van der Waals surface area (Å²) in [5.74, 6) is -4.33. The van der Waals surface area contributed by atoms with Crippen molar-refractivity contribution in [3.8, 4) is 0 Å². The van der Waals surface area contributed by atoms with Crippen LogP contribution in [-0.4, -0.2) is 191 Å². The number of likely N-dealkylation sites (N-methyl/N-ethyl adjacent to an activating group) is 5. The quantitative estimate of drug-likeness (QED) is 0.171. The zero-order valence-electron chi connectivity index (χ0n) is 45.5. The number of carbonyl (C=O) groups is 9. The maximum absolute atomic E-state index is 15.2. The highest BCUT2D eigenvalue weighted by Gasteiger charge is 2.51. The van der Waals surface area contributed by atoms with Crippen LogP contribution in [0.15, 0.2) is 30.3 Å². The molecule has 0 spiro atoms. The minimum atomic E-state index is -1.34. The Hall–Kier alpha value is -5.75. The van der Waals surface area contributed by atoms with Gasteiger partial charge < -0.3 is 44.8 Å². The first kappa shape index (κ1) is 58.1. The van der Waals surface area contributed by atoms with E-state index in [9.17, 15) is 33.6 Å². The summed E-state index contributed by atoms with van der Waals surface area (Å²) in [7, 11) is 9.14. The number of nitrogens with one attached hydrogen (secondary N) is 2. The van der Waals surface area contributed by atoms with E-state index in [0.29, 0.717) is 77.4 Å². The third-order valence-corrected chi connectivity index (χ3v) is 16.1. The zero-order valence-corrected chi connectivity index (χ0v) is 45.5. The van der Waals surface area contributed by atoms with Crippen molar-refractivity contribution in [2.75, 3.05) is 61.9 Å². The Bertz CT molecular complexity index is 2120. The van der Waals surface area contributed by atoms with E-state index in [0.717, 1.165) is 24.8 Å². The van der Waals surface area contributed by atoms with Crippen LogP contribution in [0, 0.1) is 17.8 Å². The molecule has 0 unspecified atom stereocenters. The molecule has 2 saturated heterocycles. The van der Waals surface area contributed by atoms with Crippen molar-refractivity contribution in [3.05, 3.63) is 35.9 Å². The lowest BCUT2D eigenvalue weighted by Crippen LogP contribution is -2.64. The first-order valence-electron chi connectivity index (χ1n) is 26.7. The Morgan fingerprint density at radius 1 is 0.712 bits per heavy atom. The van der Waals surface area contributed by atoms with Crippen LogP contribution in [0.2, 0.25) is 0 Å². The maximum Gasteiger partial charge on any atom is 0.410 e. The van der Waals surface area contributed by atoms with Crippen molar-refractivity contribution < 1.29 is 47.9 Å². The lowest BCUT2D eigenvalue weighted by Gasteiger charge is -2.41. The molecule has 4 aliphatic rings. The molecule has 2 N–H and O–H groups in total. The molecule has 5 rings (SSSR count). The van der Waals surface area contributed by atoms with Crippen LogP contribution in [0.5, 0.6) is 0 Å². The molecule has 1 aromatic carbocycles. The average molecular weight is 1020 g/mol. The predicted molar refractivity (Wildman–Crippen MR) is 275 cm³/mol. The van der Waals surface area contributed by atoms with Gasteiger partial charge in [-0.05, 0) is 81.6 Å². The smallest absolute Gasteiger partial charge is 0.410 e. The van der Waals surface area contributed by atoms with Gasteiger partial charge in [0.1, 0.15) is 48.4 Å². The number of nitrogens with zero attached hydrogens (tertiary/aromatic N) is 7. The van der Waals surface area contributed by atoms with Gasteiger partial charge in [0.05, 0.1) is 6.42 Å². The Balaban J connectivity index is 1.35. The van der Waals surface area contributed by atoms with Crippen molar-refractivity contribution in [1.29, 1.82) is 0 Å². The van der Waals surface area contributed by atoms with Gasteiger partial charge in [-0.1, -0.05) is 90.1 Å². The number of benzene rings is 1. The molecule has 2 heterocycles. The summed E-state index contributed by atoms with van der Waals surface area (Å²) in [5.41, 5.74) is -0.530. The standard InChI is InChI=1S/C54H85N9O10/c1-12-36(4)44(50(69)58(8)37(5)48(67)62-29-21-30-62)55-46(65)41(32-35(2)3)59(9)43(64)33-42(49(68)57(6)7)60(10)51(70)45(39-24-16-17-25-39)61(11)52(71)54(27-18-19-28-54)56-47(66)40-26-20-31-63(40)53(72)73-34-38-22-14-13-15-23-38/h13-15,22-23,35-37,39-42,44-45H,12,16-21,24-34H2,1-11H3,(H,55,65)(H,56,66)/t36-,37-,40-,41-,42-,44-,45-/m0/s1. The summed E-state index contributed by atoms with van der Waals surface area (Å²) in [6.07, 6.45) is 6.51. The lowest BCUT2D eigenvalue weighted by molar-refractivity contribution is -0.156. The number of amides is 9. The van der Waals surface area contributed by atoms with E-state index in [-0.39, 0.29) is 36.7 Å². The Morgan fingerprint density at radius 2 is 1.34 bits per heavy atom. The third-order valence-electron chi connectivity index (χ3n) is 16.1. The monoisotopic (exact) mass is 1020 g/mol. The fourth-order valence-corrected chi connectivity index (χ4v) is 10.9. The Kier molecular flexibility index (Phi) is 20.7. The highest BCUT2D eigenvalue weighted by molar-refractivity contribution is 5.99. The SMILES string of the molecule is CC[C@H](C)[C@H](NC(=O)[C@H](CC(C)C)N(C)C(=O)C[C@@H](C(=O)N(C)C)N(C)C(=O)[C@H](C1CCCC1)N(C)C(=O)C1(NC(=O)[C@@H]2CCCN2C(=O)OCc2ccccc2)CCCC1)C(=O)N(C)[C@@H](C)C(=O)N1CCC1. The summed E-state index contributed by atoms with van der Waals surface area (Å²) < 4.78 is 5.60. The van der Waals surface area contributed by atoms with Gasteiger partial charge in [-0.25, -0.2) is 4.79 Å². The molecule has 19 heteroatoms. The highest BCUT2D eigenvalue weighted by atomic mass is 16.6. The van der Waals surface area contributed by atoms with Gasteiger partial charge in [0.2, 0.25) is 47.3 Å². The zero-order chi connectivity index (χ0) is 53.9. The van der Waals surface area contributed by atoms with E-state index in [1.54, 1.807) is 25.9 Å². The van der Waals surface area contributed by atoms with Crippen LogP contribution < -0.4 is 10.6 Å². The van der Waals surface area contributed by atoms with Crippen LogP contribution in [0.1, 0.15) is 130 Å². The molecule has 4 fully saturated rings. The number of carbonyl (C=O) groups excluding carboxylic acids is 9. The number of rotatable bonds is 22. The van der Waals surface area contributed by atoms with Crippen LogP contribution >= 0.6 is 0 Å². The summed E-state index contributed by atoms with van der Waals surface area (Å²) in [6, 6.07) is 3.26. The largest absolute Gasteiger partial charge is 0.445 e. The second kappa shape index (κ2) is 26.0. The van der Waals surface area contributed by atoms with E-state index in [4.69, 9.17) is 4.74 Å². The molecule has 2 aliphatic heterocycles. The van der Waals surface area contributed by atoms with E-state index < -0.39 is 95.7 Å². The van der Waals surface area contributed by atoms with Gasteiger partial charge in [0.15, 0.2) is 0 Å². The molecule has 406 valence electrons. The van der Waals surface area contributed by atoms with Crippen LogP contribution in [0.3, 0.4) is 0 Å². The second-order valence-electron chi connectivity index (χ2n) is 21.8. The molecule has 0 radical (unpaired) electrons. The molecule has 9 amide bonds. The average Bonchev–Trinajstić information content (AvgIpc) is 4.18. The molecule has 2 aliphatic carbocycles. The van der Waals surface area contributed by atoms with Gasteiger partial charge in [0, 0.05) is 61.9 Å². The molecule has 7 atom stereocenters. The van der Waals surface area contributed by atoms with Crippen molar-refractivity contribution in [1.82, 2.24) is 44.9 Å². The van der Waals surface area contributed by atoms with Gasteiger partial charge in [-0.3, -0.25) is 43.3 Å². The van der Waals surface area contributed by atoms with E-state index in [1.807, 2.05) is 58.0 Å².